The molecule has 31 heavy (non-hydrogen) atoms. The summed E-state index contributed by atoms with van der Waals surface area (Å²) in [6.07, 6.45) is 6.32. The van der Waals surface area contributed by atoms with Gasteiger partial charge in [0.2, 0.25) is 0 Å². The van der Waals surface area contributed by atoms with Crippen LogP contribution in [0, 0.1) is 6.92 Å². The minimum absolute atomic E-state index is 0.0101. The van der Waals surface area contributed by atoms with E-state index in [-0.39, 0.29) is 17.5 Å². The van der Waals surface area contributed by atoms with Gasteiger partial charge in [-0.15, -0.1) is 10.2 Å². The highest BCUT2D eigenvalue weighted by atomic mass is 16.2. The number of benzene rings is 1. The number of aromatic nitrogens is 5. The standard InChI is InChI=1S/C23H28N6O2/c1-3-27-18-11-10-16(14-17(18)24-15(2)22(27)30)23(31)28-13-7-8-19(28)21-26-25-20-9-5-4-6-12-29(20)21/h10-11,14,19H,3-9,12-13H2,1-2H3/t19-/m1/s1. The highest BCUT2D eigenvalue weighted by molar-refractivity contribution is 5.97. The first-order chi connectivity index (χ1) is 15.1. The molecule has 2 aliphatic heterocycles. The lowest BCUT2D eigenvalue weighted by Gasteiger charge is -2.25. The van der Waals surface area contributed by atoms with E-state index in [4.69, 9.17) is 0 Å². The number of nitrogens with zero attached hydrogens (tertiary/aromatic N) is 6. The lowest BCUT2D eigenvalue weighted by Crippen LogP contribution is -2.32. The molecule has 2 aliphatic rings. The third kappa shape index (κ3) is 3.34. The minimum atomic E-state index is -0.0822. The molecule has 4 heterocycles. The first kappa shape index (κ1) is 19.9. The van der Waals surface area contributed by atoms with Gasteiger partial charge < -0.3 is 14.0 Å². The van der Waals surface area contributed by atoms with Gasteiger partial charge in [0, 0.05) is 31.6 Å². The Kier molecular flexibility index (Phi) is 5.08. The predicted molar refractivity (Wildman–Crippen MR) is 117 cm³/mol. The van der Waals surface area contributed by atoms with E-state index in [2.05, 4.69) is 19.7 Å². The molecule has 0 unspecified atom stereocenters. The fourth-order valence-corrected chi connectivity index (χ4v) is 5.02. The minimum Gasteiger partial charge on any atom is -0.328 e. The predicted octanol–water partition coefficient (Wildman–Crippen LogP) is 3.02. The van der Waals surface area contributed by atoms with Gasteiger partial charge in [0.1, 0.15) is 11.5 Å². The van der Waals surface area contributed by atoms with Crippen molar-refractivity contribution < 1.29 is 4.79 Å². The fourth-order valence-electron chi connectivity index (χ4n) is 5.02. The average molecular weight is 421 g/mol. The molecular weight excluding hydrogens is 392 g/mol. The van der Waals surface area contributed by atoms with E-state index >= 15 is 0 Å². The van der Waals surface area contributed by atoms with Crippen molar-refractivity contribution in [2.24, 2.45) is 0 Å². The van der Waals surface area contributed by atoms with Crippen LogP contribution < -0.4 is 5.56 Å². The highest BCUT2D eigenvalue weighted by Crippen LogP contribution is 2.33. The molecule has 1 atom stereocenters. The molecule has 0 bridgehead atoms. The van der Waals surface area contributed by atoms with Crippen LogP contribution in [-0.2, 0) is 19.5 Å². The molecule has 5 rings (SSSR count). The van der Waals surface area contributed by atoms with Gasteiger partial charge in [0.15, 0.2) is 5.82 Å². The van der Waals surface area contributed by atoms with Crippen LogP contribution in [0.15, 0.2) is 23.0 Å². The van der Waals surface area contributed by atoms with E-state index in [9.17, 15) is 9.59 Å². The first-order valence-corrected chi connectivity index (χ1v) is 11.3. The number of hydrogen-bond acceptors (Lipinski definition) is 5. The number of carbonyl (C=O) groups is 1. The Bertz CT molecular complexity index is 1210. The molecule has 0 saturated carbocycles. The van der Waals surface area contributed by atoms with Gasteiger partial charge in [-0.2, -0.15) is 0 Å². The zero-order valence-corrected chi connectivity index (χ0v) is 18.2. The first-order valence-electron chi connectivity index (χ1n) is 11.3. The number of fused-ring (bicyclic) bond motifs is 2. The fraction of sp³-hybridized carbons (Fsp3) is 0.522. The molecule has 0 aliphatic carbocycles. The number of likely N-dealkylation sites (tertiary alicyclic amines) is 1. The maximum Gasteiger partial charge on any atom is 0.272 e. The van der Waals surface area contributed by atoms with Crippen molar-refractivity contribution in [2.45, 2.75) is 71.5 Å². The summed E-state index contributed by atoms with van der Waals surface area (Å²) in [5.41, 5.74) is 2.40. The van der Waals surface area contributed by atoms with Gasteiger partial charge >= 0.3 is 0 Å². The zero-order valence-electron chi connectivity index (χ0n) is 18.2. The lowest BCUT2D eigenvalue weighted by molar-refractivity contribution is 0.0727. The van der Waals surface area contributed by atoms with Crippen molar-refractivity contribution in [3.63, 3.8) is 0 Å². The smallest absolute Gasteiger partial charge is 0.272 e. The summed E-state index contributed by atoms with van der Waals surface area (Å²) in [6.45, 7) is 5.87. The molecule has 1 fully saturated rings. The monoisotopic (exact) mass is 420 g/mol. The molecule has 1 saturated heterocycles. The molecule has 0 spiro atoms. The molecule has 0 radical (unpaired) electrons. The van der Waals surface area contributed by atoms with Crippen LogP contribution in [0.4, 0.5) is 0 Å². The van der Waals surface area contributed by atoms with Crippen molar-refractivity contribution in [3.8, 4) is 0 Å². The molecule has 1 aromatic carbocycles. The van der Waals surface area contributed by atoms with Crippen LogP contribution in [0.25, 0.3) is 11.0 Å². The van der Waals surface area contributed by atoms with E-state index in [1.165, 1.54) is 6.42 Å². The van der Waals surface area contributed by atoms with Crippen molar-refractivity contribution in [1.82, 2.24) is 29.2 Å². The normalized spacial score (nSPS) is 18.9. The Morgan fingerprint density at radius 1 is 1.13 bits per heavy atom. The molecular formula is C23H28N6O2. The largest absolute Gasteiger partial charge is 0.328 e. The summed E-state index contributed by atoms with van der Waals surface area (Å²) in [6, 6.07) is 5.43. The third-order valence-corrected chi connectivity index (χ3v) is 6.62. The van der Waals surface area contributed by atoms with Crippen LogP contribution in [0.3, 0.4) is 0 Å². The van der Waals surface area contributed by atoms with Crippen LogP contribution in [0.2, 0.25) is 0 Å². The van der Waals surface area contributed by atoms with Crippen LogP contribution in [0.1, 0.15) is 72.8 Å². The average Bonchev–Trinajstić information content (AvgIpc) is 3.34. The summed E-state index contributed by atoms with van der Waals surface area (Å²) < 4.78 is 3.95. The summed E-state index contributed by atoms with van der Waals surface area (Å²) in [4.78, 5) is 32.3. The van der Waals surface area contributed by atoms with Gasteiger partial charge in [-0.25, -0.2) is 4.98 Å². The van der Waals surface area contributed by atoms with Crippen molar-refractivity contribution in [2.75, 3.05) is 6.54 Å². The molecule has 0 N–H and O–H groups in total. The Morgan fingerprint density at radius 3 is 2.84 bits per heavy atom. The van der Waals surface area contributed by atoms with Crippen LogP contribution in [0.5, 0.6) is 0 Å². The molecule has 162 valence electrons. The van der Waals surface area contributed by atoms with Gasteiger partial charge in [0.05, 0.1) is 17.1 Å². The number of aryl methyl sites for hydroxylation is 3. The van der Waals surface area contributed by atoms with Gasteiger partial charge in [-0.3, -0.25) is 9.59 Å². The Morgan fingerprint density at radius 2 is 2.00 bits per heavy atom. The van der Waals surface area contributed by atoms with E-state index < -0.39 is 0 Å². The highest BCUT2D eigenvalue weighted by Gasteiger charge is 2.35. The third-order valence-electron chi connectivity index (χ3n) is 6.62. The Labute approximate surface area is 180 Å². The van der Waals surface area contributed by atoms with E-state index in [1.54, 1.807) is 11.5 Å². The summed E-state index contributed by atoms with van der Waals surface area (Å²) >= 11 is 0. The molecule has 8 heteroatoms. The van der Waals surface area contributed by atoms with E-state index in [0.717, 1.165) is 55.8 Å². The summed E-state index contributed by atoms with van der Waals surface area (Å²) in [5, 5.41) is 8.95. The maximum absolute atomic E-state index is 13.5. The van der Waals surface area contributed by atoms with Crippen LogP contribution in [-0.4, -0.2) is 41.7 Å². The molecule has 3 aromatic rings. The molecule has 1 amide bonds. The van der Waals surface area contributed by atoms with E-state index in [0.29, 0.717) is 29.9 Å². The Balaban J connectivity index is 1.50. The van der Waals surface area contributed by atoms with Crippen molar-refractivity contribution in [1.29, 1.82) is 0 Å². The molecule has 2 aromatic heterocycles. The lowest BCUT2D eigenvalue weighted by atomic mass is 10.1. The number of carbonyl (C=O) groups excluding carboxylic acids is 1. The maximum atomic E-state index is 13.5. The van der Waals surface area contributed by atoms with Crippen molar-refractivity contribution in [3.05, 3.63) is 51.5 Å². The number of rotatable bonds is 3. The second-order valence-electron chi connectivity index (χ2n) is 8.54. The van der Waals surface area contributed by atoms with E-state index in [1.807, 2.05) is 30.0 Å². The topological polar surface area (TPSA) is 85.9 Å². The van der Waals surface area contributed by atoms with Gasteiger partial charge in [-0.1, -0.05) is 6.42 Å². The SMILES string of the molecule is CCn1c(=O)c(C)nc2cc(C(=O)N3CCC[C@@H]3c3nnc4n3CCCCC4)ccc21. The quantitative estimate of drug-likeness (QED) is 0.650. The second kappa shape index (κ2) is 7.90. The van der Waals surface area contributed by atoms with Crippen LogP contribution >= 0.6 is 0 Å². The van der Waals surface area contributed by atoms with Crippen molar-refractivity contribution >= 4 is 16.9 Å². The number of amides is 1. The summed E-state index contributed by atoms with van der Waals surface area (Å²) in [7, 11) is 0. The number of hydrogen-bond donors (Lipinski definition) is 0. The van der Waals surface area contributed by atoms with Gasteiger partial charge in [-0.05, 0) is 57.7 Å². The Hall–Kier alpha value is -3.03. The molecule has 8 nitrogen and oxygen atoms in total. The second-order valence-corrected chi connectivity index (χ2v) is 8.54. The van der Waals surface area contributed by atoms with Gasteiger partial charge in [0.25, 0.3) is 11.5 Å². The summed E-state index contributed by atoms with van der Waals surface area (Å²) in [5.74, 6) is 1.97. The zero-order chi connectivity index (χ0) is 21.5.